The molecule has 1 N–H and O–H groups in total. The fourth-order valence-corrected chi connectivity index (χ4v) is 5.55. The Kier molecular flexibility index (Phi) is 7.50. The van der Waals surface area contributed by atoms with Crippen molar-refractivity contribution < 1.29 is 8.42 Å². The number of hydrogen-bond donors (Lipinski definition) is 1. The predicted molar refractivity (Wildman–Crippen MR) is 116 cm³/mol. The molecule has 2 saturated heterocycles. The van der Waals surface area contributed by atoms with Crippen LogP contribution in [-0.2, 0) is 9.84 Å². The Morgan fingerprint density at radius 2 is 1.96 bits per heavy atom. The van der Waals surface area contributed by atoms with Gasteiger partial charge >= 0.3 is 0 Å². The highest BCUT2D eigenvalue weighted by Gasteiger charge is 2.28. The van der Waals surface area contributed by atoms with E-state index in [2.05, 4.69) is 58.5 Å². The molecule has 6 nitrogen and oxygen atoms in total. The third kappa shape index (κ3) is 6.34. The fraction of sp³-hybridized carbons (Fsp3) is 0.571. The van der Waals surface area contributed by atoms with Gasteiger partial charge in [0.2, 0.25) is 0 Å². The SMILES string of the molecule is CCNC(=NCC1CCS(=O)(=O)C1)N1CCN(C/C=C/c2ccccc2)CC1. The third-order valence-corrected chi connectivity index (χ3v) is 7.14. The Morgan fingerprint density at radius 1 is 1.21 bits per heavy atom. The summed E-state index contributed by atoms with van der Waals surface area (Å²) in [4.78, 5) is 9.49. The molecule has 1 aromatic carbocycles. The maximum Gasteiger partial charge on any atom is 0.194 e. The smallest absolute Gasteiger partial charge is 0.194 e. The van der Waals surface area contributed by atoms with E-state index in [1.54, 1.807) is 0 Å². The van der Waals surface area contributed by atoms with Gasteiger partial charge in [0.25, 0.3) is 0 Å². The predicted octanol–water partition coefficient (Wildman–Crippen LogP) is 1.72. The summed E-state index contributed by atoms with van der Waals surface area (Å²) in [7, 11) is -2.83. The molecule has 1 aromatic rings. The van der Waals surface area contributed by atoms with Gasteiger partial charge in [-0.05, 0) is 24.8 Å². The van der Waals surface area contributed by atoms with Gasteiger partial charge < -0.3 is 10.2 Å². The lowest BCUT2D eigenvalue weighted by Crippen LogP contribution is -2.52. The van der Waals surface area contributed by atoms with Crippen LogP contribution in [0, 0.1) is 5.92 Å². The number of nitrogens with one attached hydrogen (secondary N) is 1. The van der Waals surface area contributed by atoms with E-state index < -0.39 is 9.84 Å². The highest BCUT2D eigenvalue weighted by Crippen LogP contribution is 2.18. The summed E-state index contributed by atoms with van der Waals surface area (Å²) in [6.07, 6.45) is 5.14. The molecule has 0 aliphatic carbocycles. The normalized spacial score (nSPS) is 23.4. The average Bonchev–Trinajstić information content (AvgIpc) is 3.05. The van der Waals surface area contributed by atoms with Crippen LogP contribution in [0.4, 0.5) is 0 Å². The molecule has 28 heavy (non-hydrogen) atoms. The van der Waals surface area contributed by atoms with Crippen LogP contribution in [0.3, 0.4) is 0 Å². The van der Waals surface area contributed by atoms with Crippen LogP contribution in [0.25, 0.3) is 6.08 Å². The number of rotatable bonds is 6. The second kappa shape index (κ2) is 10.1. The summed E-state index contributed by atoms with van der Waals surface area (Å²) in [6, 6.07) is 10.4. The first-order chi connectivity index (χ1) is 13.6. The molecule has 0 spiro atoms. The first-order valence-corrected chi connectivity index (χ1v) is 12.1. The molecule has 1 atom stereocenters. The molecule has 2 fully saturated rings. The van der Waals surface area contributed by atoms with Crippen LogP contribution in [-0.4, -0.2) is 81.5 Å². The van der Waals surface area contributed by atoms with Gasteiger partial charge in [-0.2, -0.15) is 0 Å². The average molecular weight is 405 g/mol. The van der Waals surface area contributed by atoms with Crippen molar-refractivity contribution in [1.82, 2.24) is 15.1 Å². The van der Waals surface area contributed by atoms with Crippen LogP contribution < -0.4 is 5.32 Å². The summed E-state index contributed by atoms with van der Waals surface area (Å²) in [5.41, 5.74) is 1.23. The Bertz CT molecular complexity index is 769. The van der Waals surface area contributed by atoms with Gasteiger partial charge in [-0.25, -0.2) is 8.42 Å². The molecule has 0 saturated carbocycles. The third-order valence-electron chi connectivity index (χ3n) is 5.31. The summed E-state index contributed by atoms with van der Waals surface area (Å²) in [5, 5.41) is 3.37. The molecule has 0 amide bonds. The van der Waals surface area contributed by atoms with Crippen molar-refractivity contribution in [3.05, 3.63) is 42.0 Å². The summed E-state index contributed by atoms with van der Waals surface area (Å²) in [6.45, 7) is 8.32. The van der Waals surface area contributed by atoms with E-state index in [1.165, 1.54) is 5.56 Å². The lowest BCUT2D eigenvalue weighted by Gasteiger charge is -2.36. The minimum atomic E-state index is -2.83. The van der Waals surface area contributed by atoms with Gasteiger partial charge in [0.05, 0.1) is 11.5 Å². The number of hydrogen-bond acceptors (Lipinski definition) is 4. The summed E-state index contributed by atoms with van der Waals surface area (Å²) < 4.78 is 23.3. The van der Waals surface area contributed by atoms with Crippen molar-refractivity contribution in [2.45, 2.75) is 13.3 Å². The zero-order valence-corrected chi connectivity index (χ0v) is 17.6. The quantitative estimate of drug-likeness (QED) is 0.578. The number of nitrogens with zero attached hydrogens (tertiary/aromatic N) is 3. The monoisotopic (exact) mass is 404 g/mol. The van der Waals surface area contributed by atoms with E-state index in [0.717, 1.165) is 51.6 Å². The number of sulfone groups is 1. The van der Waals surface area contributed by atoms with E-state index >= 15 is 0 Å². The largest absolute Gasteiger partial charge is 0.357 e. The van der Waals surface area contributed by atoms with Crippen LogP contribution in [0.15, 0.2) is 41.4 Å². The van der Waals surface area contributed by atoms with E-state index in [-0.39, 0.29) is 11.7 Å². The van der Waals surface area contributed by atoms with Gasteiger partial charge in [-0.3, -0.25) is 9.89 Å². The molecule has 154 valence electrons. The molecular weight excluding hydrogens is 372 g/mol. The highest BCUT2D eigenvalue weighted by molar-refractivity contribution is 7.91. The first kappa shape index (κ1) is 20.9. The van der Waals surface area contributed by atoms with Crippen molar-refractivity contribution in [1.29, 1.82) is 0 Å². The molecule has 0 aromatic heterocycles. The highest BCUT2D eigenvalue weighted by atomic mass is 32.2. The molecule has 0 bridgehead atoms. The minimum absolute atomic E-state index is 0.170. The van der Waals surface area contributed by atoms with Crippen molar-refractivity contribution >= 4 is 21.9 Å². The standard InChI is InChI=1S/C21H32N4O2S/c1-2-22-21(23-17-20-10-16-28(26,27)18-20)25-14-12-24(13-15-25)11-6-9-19-7-4-3-5-8-19/h3-9,20H,2,10-18H2,1H3,(H,22,23)/b9-6+. The van der Waals surface area contributed by atoms with Gasteiger partial charge in [0.1, 0.15) is 0 Å². The molecular formula is C21H32N4O2S. The molecule has 2 aliphatic heterocycles. The molecule has 3 rings (SSSR count). The number of benzene rings is 1. The van der Waals surface area contributed by atoms with E-state index in [1.807, 2.05) is 6.07 Å². The Labute approximate surface area is 169 Å². The van der Waals surface area contributed by atoms with Gasteiger partial charge in [0.15, 0.2) is 15.8 Å². The molecule has 2 aliphatic rings. The fourth-order valence-electron chi connectivity index (χ4n) is 3.70. The molecule has 1 unspecified atom stereocenters. The van der Waals surface area contributed by atoms with Crippen LogP contribution in [0.5, 0.6) is 0 Å². The Balaban J connectivity index is 1.47. The maximum absolute atomic E-state index is 11.6. The van der Waals surface area contributed by atoms with Crippen LogP contribution >= 0.6 is 0 Å². The Morgan fingerprint density at radius 3 is 2.61 bits per heavy atom. The van der Waals surface area contributed by atoms with Gasteiger partial charge in [-0.1, -0.05) is 42.5 Å². The van der Waals surface area contributed by atoms with Crippen molar-refractivity contribution in [3.8, 4) is 0 Å². The van der Waals surface area contributed by atoms with Crippen LogP contribution in [0.2, 0.25) is 0 Å². The van der Waals surface area contributed by atoms with Crippen molar-refractivity contribution in [2.75, 3.05) is 57.3 Å². The first-order valence-electron chi connectivity index (χ1n) is 10.2. The molecule has 7 heteroatoms. The number of aliphatic imine (C=N–C) groups is 1. The zero-order chi connectivity index (χ0) is 19.8. The summed E-state index contributed by atoms with van der Waals surface area (Å²) in [5.74, 6) is 1.70. The Hall–Kier alpha value is -1.86. The topological polar surface area (TPSA) is 65.0 Å². The van der Waals surface area contributed by atoms with Crippen LogP contribution in [0.1, 0.15) is 18.9 Å². The number of piperazine rings is 1. The molecule has 0 radical (unpaired) electrons. The van der Waals surface area contributed by atoms with Gasteiger partial charge in [-0.15, -0.1) is 0 Å². The lowest BCUT2D eigenvalue weighted by atomic mass is 10.1. The van der Waals surface area contributed by atoms with E-state index in [4.69, 9.17) is 4.99 Å². The number of guanidine groups is 1. The second-order valence-corrected chi connectivity index (χ2v) is 9.79. The second-order valence-electron chi connectivity index (χ2n) is 7.56. The van der Waals surface area contributed by atoms with Gasteiger partial charge in [0, 0.05) is 45.8 Å². The minimum Gasteiger partial charge on any atom is -0.357 e. The van der Waals surface area contributed by atoms with E-state index in [0.29, 0.717) is 12.3 Å². The van der Waals surface area contributed by atoms with E-state index in [9.17, 15) is 8.42 Å². The summed E-state index contributed by atoms with van der Waals surface area (Å²) >= 11 is 0. The van der Waals surface area contributed by atoms with Crippen molar-refractivity contribution in [3.63, 3.8) is 0 Å². The molecule has 2 heterocycles. The zero-order valence-electron chi connectivity index (χ0n) is 16.8. The maximum atomic E-state index is 11.6. The van der Waals surface area contributed by atoms with Crippen molar-refractivity contribution in [2.24, 2.45) is 10.9 Å². The lowest BCUT2D eigenvalue weighted by molar-refractivity contribution is 0.194.